The molecule has 6 N–H and O–H groups in total. The SMILES string of the molecule is CC(=O)Nc1ccc(O[C@@H]2C=C[C@H](OC3O[C@H](CO)[C@@H](O)C(O)[C@H]3O)[C@@H](CO)O2)cc1. The second-order valence-corrected chi connectivity index (χ2v) is 7.23. The van der Waals surface area contributed by atoms with Crippen LogP contribution in [0.1, 0.15) is 6.92 Å². The normalized spacial score (nSPS) is 35.5. The van der Waals surface area contributed by atoms with E-state index < -0.39 is 62.4 Å². The summed E-state index contributed by atoms with van der Waals surface area (Å²) in [6.45, 7) is 0.387. The van der Waals surface area contributed by atoms with E-state index in [9.17, 15) is 30.3 Å². The number of rotatable bonds is 7. The Kier molecular flexibility index (Phi) is 7.97. The van der Waals surface area contributed by atoms with E-state index in [1.54, 1.807) is 36.4 Å². The van der Waals surface area contributed by atoms with Crippen LogP contribution >= 0.6 is 0 Å². The van der Waals surface area contributed by atoms with Crippen molar-refractivity contribution in [2.24, 2.45) is 0 Å². The van der Waals surface area contributed by atoms with Crippen LogP contribution < -0.4 is 10.1 Å². The third kappa shape index (κ3) is 5.79. The fourth-order valence-electron chi connectivity index (χ4n) is 3.26. The lowest BCUT2D eigenvalue weighted by atomic mass is 9.99. The van der Waals surface area contributed by atoms with E-state index in [4.69, 9.17) is 18.9 Å². The van der Waals surface area contributed by atoms with Gasteiger partial charge in [0.2, 0.25) is 12.2 Å². The Labute approximate surface area is 178 Å². The number of carbonyl (C=O) groups excluding carboxylic acids is 1. The first-order valence-corrected chi connectivity index (χ1v) is 9.77. The minimum atomic E-state index is -1.58. The molecule has 0 spiro atoms. The van der Waals surface area contributed by atoms with Crippen molar-refractivity contribution >= 4 is 11.6 Å². The van der Waals surface area contributed by atoms with Crippen molar-refractivity contribution in [3.8, 4) is 5.75 Å². The molecule has 1 saturated heterocycles. The van der Waals surface area contributed by atoms with Gasteiger partial charge in [0, 0.05) is 12.6 Å². The Bertz CT molecular complexity index is 755. The lowest BCUT2D eigenvalue weighted by molar-refractivity contribution is -0.317. The number of ether oxygens (including phenoxy) is 4. The number of anilines is 1. The molecule has 1 fully saturated rings. The number of benzene rings is 1. The van der Waals surface area contributed by atoms with Gasteiger partial charge in [-0.15, -0.1) is 0 Å². The number of hydrogen-bond acceptors (Lipinski definition) is 10. The molecular weight excluding hydrogens is 414 g/mol. The molecule has 1 aromatic carbocycles. The van der Waals surface area contributed by atoms with Crippen LogP contribution in [0.2, 0.25) is 0 Å². The largest absolute Gasteiger partial charge is 0.461 e. The lowest BCUT2D eigenvalue weighted by Gasteiger charge is -2.42. The van der Waals surface area contributed by atoms with E-state index >= 15 is 0 Å². The molecule has 1 aromatic rings. The van der Waals surface area contributed by atoms with Gasteiger partial charge in [-0.25, -0.2) is 0 Å². The average Bonchev–Trinajstić information content (AvgIpc) is 2.76. The maximum absolute atomic E-state index is 11.1. The first-order valence-electron chi connectivity index (χ1n) is 9.77. The van der Waals surface area contributed by atoms with Gasteiger partial charge in [-0.1, -0.05) is 6.08 Å². The molecule has 11 nitrogen and oxygen atoms in total. The number of amides is 1. The van der Waals surface area contributed by atoms with Crippen molar-refractivity contribution in [3.05, 3.63) is 36.4 Å². The molecule has 2 aliphatic rings. The molecular formula is C20H27NO10. The minimum absolute atomic E-state index is 0.191. The van der Waals surface area contributed by atoms with Crippen LogP contribution in [0.25, 0.3) is 0 Å². The maximum atomic E-state index is 11.1. The first kappa shape index (κ1) is 23.6. The van der Waals surface area contributed by atoms with Gasteiger partial charge in [0.15, 0.2) is 6.29 Å². The highest BCUT2D eigenvalue weighted by molar-refractivity contribution is 5.88. The zero-order chi connectivity index (χ0) is 22.5. The summed E-state index contributed by atoms with van der Waals surface area (Å²) in [5, 5.41) is 51.4. The zero-order valence-corrected chi connectivity index (χ0v) is 16.8. The van der Waals surface area contributed by atoms with E-state index in [0.717, 1.165) is 0 Å². The summed E-state index contributed by atoms with van der Waals surface area (Å²) in [6.07, 6.45) is -6.57. The topological polar surface area (TPSA) is 167 Å². The fourth-order valence-corrected chi connectivity index (χ4v) is 3.26. The molecule has 8 atom stereocenters. The van der Waals surface area contributed by atoms with E-state index in [1.807, 2.05) is 0 Å². The third-order valence-electron chi connectivity index (χ3n) is 4.88. The third-order valence-corrected chi connectivity index (χ3v) is 4.88. The number of aliphatic hydroxyl groups excluding tert-OH is 5. The Balaban J connectivity index is 1.62. The molecule has 2 aliphatic heterocycles. The van der Waals surface area contributed by atoms with Crippen molar-refractivity contribution < 1.29 is 49.3 Å². The van der Waals surface area contributed by atoms with Crippen molar-refractivity contribution in [2.75, 3.05) is 18.5 Å². The average molecular weight is 441 g/mol. The predicted molar refractivity (Wildman–Crippen MR) is 105 cm³/mol. The Hall–Kier alpha value is -2.09. The number of hydrogen-bond donors (Lipinski definition) is 6. The van der Waals surface area contributed by atoms with Crippen LogP contribution in [0.4, 0.5) is 5.69 Å². The molecule has 0 radical (unpaired) electrons. The molecule has 0 aromatic heterocycles. The minimum Gasteiger partial charge on any atom is -0.461 e. The smallest absolute Gasteiger partial charge is 0.221 e. The van der Waals surface area contributed by atoms with Gasteiger partial charge in [0.05, 0.1) is 13.2 Å². The number of nitrogens with one attached hydrogen (secondary N) is 1. The van der Waals surface area contributed by atoms with Gasteiger partial charge in [0.25, 0.3) is 0 Å². The van der Waals surface area contributed by atoms with Gasteiger partial charge < -0.3 is 49.8 Å². The number of aliphatic hydroxyl groups is 5. The molecule has 1 amide bonds. The highest BCUT2D eigenvalue weighted by atomic mass is 16.7. The van der Waals surface area contributed by atoms with Gasteiger partial charge >= 0.3 is 0 Å². The van der Waals surface area contributed by atoms with Crippen molar-refractivity contribution in [3.63, 3.8) is 0 Å². The van der Waals surface area contributed by atoms with Crippen LogP contribution in [0.5, 0.6) is 5.75 Å². The van der Waals surface area contributed by atoms with Crippen molar-refractivity contribution in [1.82, 2.24) is 0 Å². The predicted octanol–water partition coefficient (Wildman–Crippen LogP) is -1.52. The second kappa shape index (κ2) is 10.5. The molecule has 2 unspecified atom stereocenters. The van der Waals surface area contributed by atoms with Crippen molar-refractivity contribution in [1.29, 1.82) is 0 Å². The van der Waals surface area contributed by atoms with Gasteiger partial charge in [-0.2, -0.15) is 0 Å². The highest BCUT2D eigenvalue weighted by Crippen LogP contribution is 2.27. The molecule has 31 heavy (non-hydrogen) atoms. The highest BCUT2D eigenvalue weighted by Gasteiger charge is 2.45. The van der Waals surface area contributed by atoms with Crippen LogP contribution in [0.15, 0.2) is 36.4 Å². The van der Waals surface area contributed by atoms with Gasteiger partial charge in [0.1, 0.15) is 42.4 Å². The summed E-state index contributed by atoms with van der Waals surface area (Å²) in [6, 6.07) is 6.62. The maximum Gasteiger partial charge on any atom is 0.221 e. The molecule has 3 rings (SSSR count). The second-order valence-electron chi connectivity index (χ2n) is 7.23. The summed E-state index contributed by atoms with van der Waals surface area (Å²) in [5.41, 5.74) is 0.612. The van der Waals surface area contributed by atoms with Crippen LogP contribution in [0, 0.1) is 0 Å². The quantitative estimate of drug-likeness (QED) is 0.274. The summed E-state index contributed by atoms with van der Waals surface area (Å²) in [7, 11) is 0. The molecule has 172 valence electrons. The summed E-state index contributed by atoms with van der Waals surface area (Å²) in [5.74, 6) is 0.275. The van der Waals surface area contributed by atoms with Crippen molar-refractivity contribution in [2.45, 2.75) is 56.1 Å². The Morgan fingerprint density at radius 2 is 1.65 bits per heavy atom. The summed E-state index contributed by atoms with van der Waals surface area (Å²) in [4.78, 5) is 11.1. The molecule has 0 saturated carbocycles. The van der Waals surface area contributed by atoms with Gasteiger partial charge in [-0.05, 0) is 30.3 Å². The van der Waals surface area contributed by atoms with E-state index in [0.29, 0.717) is 11.4 Å². The summed E-state index contributed by atoms with van der Waals surface area (Å²) < 4.78 is 22.3. The lowest BCUT2D eigenvalue weighted by Crippen LogP contribution is -2.60. The molecule has 0 bridgehead atoms. The Morgan fingerprint density at radius 1 is 0.968 bits per heavy atom. The standard InChI is InChI=1S/C20H27NO10/c1-10(24)21-11-2-4-12(5-3-11)28-16-7-6-13(14(8-22)29-16)30-20-19(27)18(26)17(25)15(9-23)31-20/h2-7,13-20,22-23,25-27H,8-9H2,1H3,(H,21,24)/t13-,14+,15+,16-,17+,18?,19+,20?/m0/s1. The van der Waals surface area contributed by atoms with E-state index in [-0.39, 0.29) is 5.91 Å². The molecule has 2 heterocycles. The number of carbonyl (C=O) groups is 1. The molecule has 0 aliphatic carbocycles. The summed E-state index contributed by atoms with van der Waals surface area (Å²) >= 11 is 0. The van der Waals surface area contributed by atoms with E-state index in [1.165, 1.54) is 6.92 Å². The van der Waals surface area contributed by atoms with Gasteiger partial charge in [-0.3, -0.25) is 4.79 Å². The zero-order valence-electron chi connectivity index (χ0n) is 16.8. The van der Waals surface area contributed by atoms with Crippen LogP contribution in [-0.4, -0.2) is 93.9 Å². The fraction of sp³-hybridized carbons (Fsp3) is 0.550. The van der Waals surface area contributed by atoms with E-state index in [2.05, 4.69) is 5.32 Å². The Morgan fingerprint density at radius 3 is 2.26 bits per heavy atom. The monoisotopic (exact) mass is 441 g/mol. The van der Waals surface area contributed by atoms with Crippen LogP contribution in [0.3, 0.4) is 0 Å². The first-order chi connectivity index (χ1) is 14.8. The van der Waals surface area contributed by atoms with Crippen LogP contribution in [-0.2, 0) is 19.0 Å². The molecule has 11 heteroatoms.